The fraction of sp³-hybridized carbons (Fsp3) is 0.588. The molecule has 1 aromatic carbocycles. The smallest absolute Gasteiger partial charge is 0.207 e. The molecule has 7 nitrogen and oxygen atoms in total. The predicted octanol–water partition coefficient (Wildman–Crippen LogP) is 3.47. The highest BCUT2D eigenvalue weighted by Gasteiger charge is 2.18. The third-order valence-corrected chi connectivity index (χ3v) is 5.22. The van der Waals surface area contributed by atoms with Crippen LogP contribution in [0.5, 0.6) is 0 Å². The number of rotatable bonds is 7. The van der Waals surface area contributed by atoms with Crippen molar-refractivity contribution in [3.8, 4) is 11.4 Å². The maximum atomic E-state index is 11.5. The highest BCUT2D eigenvalue weighted by atomic mass is 32.2. The molecule has 0 aliphatic heterocycles. The van der Waals surface area contributed by atoms with Gasteiger partial charge < -0.3 is 9.87 Å². The lowest BCUT2D eigenvalue weighted by atomic mass is 9.95. The van der Waals surface area contributed by atoms with Crippen LogP contribution < -0.4 is 5.32 Å². The number of hydrogen-bond donors (Lipinski definition) is 2. The monoisotopic (exact) mass is 363 g/mol. The summed E-state index contributed by atoms with van der Waals surface area (Å²) in [7, 11) is 0. The molecule has 0 radical (unpaired) electrons. The van der Waals surface area contributed by atoms with E-state index in [-0.39, 0.29) is 0 Å². The van der Waals surface area contributed by atoms with Gasteiger partial charge in [0.2, 0.25) is 5.82 Å². The van der Waals surface area contributed by atoms with Gasteiger partial charge in [-0.2, -0.15) is 4.80 Å². The van der Waals surface area contributed by atoms with E-state index in [4.69, 9.17) is 0 Å². The van der Waals surface area contributed by atoms with Gasteiger partial charge >= 0.3 is 0 Å². The molecule has 1 aromatic heterocycles. The van der Waals surface area contributed by atoms with Crippen LogP contribution >= 0.6 is 0 Å². The zero-order valence-corrected chi connectivity index (χ0v) is 15.3. The first-order valence-electron chi connectivity index (χ1n) is 8.97. The van der Waals surface area contributed by atoms with Gasteiger partial charge in [0.05, 0.1) is 11.4 Å². The molecule has 0 saturated heterocycles. The fourth-order valence-electron chi connectivity index (χ4n) is 3.16. The summed E-state index contributed by atoms with van der Waals surface area (Å²) >= 11 is -2.04. The lowest BCUT2D eigenvalue weighted by Gasteiger charge is -2.24. The largest absolute Gasteiger partial charge is 0.382 e. The van der Waals surface area contributed by atoms with Gasteiger partial charge in [0.1, 0.15) is 0 Å². The van der Waals surface area contributed by atoms with E-state index in [1.54, 1.807) is 16.9 Å². The van der Waals surface area contributed by atoms with Gasteiger partial charge in [-0.3, -0.25) is 0 Å². The molecule has 1 heterocycles. The number of hydrogen-bond acceptors (Lipinski definition) is 5. The number of tetrazole rings is 1. The molecule has 8 heteroatoms. The summed E-state index contributed by atoms with van der Waals surface area (Å²) in [5.41, 5.74) is 1.63. The minimum atomic E-state index is -2.04. The third kappa shape index (κ3) is 4.64. The van der Waals surface area contributed by atoms with Crippen molar-refractivity contribution in [2.75, 3.05) is 5.32 Å². The molecule has 1 fully saturated rings. The summed E-state index contributed by atoms with van der Waals surface area (Å²) < 4.78 is 20.9. The lowest BCUT2D eigenvalue weighted by Crippen LogP contribution is -2.22. The molecule has 0 bridgehead atoms. The second kappa shape index (κ2) is 8.53. The summed E-state index contributed by atoms with van der Waals surface area (Å²) in [6.07, 6.45) is 8.09. The van der Waals surface area contributed by atoms with Crippen LogP contribution in [0.3, 0.4) is 0 Å². The van der Waals surface area contributed by atoms with Crippen LogP contribution in [0.4, 0.5) is 5.69 Å². The Morgan fingerprint density at radius 3 is 2.84 bits per heavy atom. The SMILES string of the molecule is CCCCn1nnc(-c2cc(S(=O)O)ccc2NC2CCCCC2)n1. The van der Waals surface area contributed by atoms with E-state index in [1.807, 2.05) is 6.07 Å². The van der Waals surface area contributed by atoms with Gasteiger partial charge in [-0.25, -0.2) is 4.21 Å². The Bertz CT molecular complexity index is 728. The Morgan fingerprint density at radius 1 is 1.32 bits per heavy atom. The maximum absolute atomic E-state index is 11.5. The van der Waals surface area contributed by atoms with Crippen LogP contribution in [-0.4, -0.2) is 35.0 Å². The van der Waals surface area contributed by atoms with E-state index in [0.29, 0.717) is 16.8 Å². The average molecular weight is 363 g/mol. The molecular formula is C17H25N5O2S. The Balaban J connectivity index is 1.89. The molecule has 1 atom stereocenters. The first-order chi connectivity index (χ1) is 12.2. The molecule has 0 amide bonds. The van der Waals surface area contributed by atoms with Crippen molar-refractivity contribution in [1.29, 1.82) is 0 Å². The van der Waals surface area contributed by atoms with Crippen LogP contribution in [0.15, 0.2) is 23.1 Å². The van der Waals surface area contributed by atoms with Crippen LogP contribution in [0, 0.1) is 0 Å². The van der Waals surface area contributed by atoms with Crippen molar-refractivity contribution < 1.29 is 8.76 Å². The molecule has 1 aliphatic rings. The van der Waals surface area contributed by atoms with E-state index in [1.165, 1.54) is 19.3 Å². The van der Waals surface area contributed by atoms with Crippen molar-refractivity contribution >= 4 is 16.8 Å². The van der Waals surface area contributed by atoms with Crippen LogP contribution in [0.2, 0.25) is 0 Å². The zero-order valence-electron chi connectivity index (χ0n) is 14.5. The van der Waals surface area contributed by atoms with Crippen molar-refractivity contribution in [3.05, 3.63) is 18.2 Å². The fourth-order valence-corrected chi connectivity index (χ4v) is 3.56. The second-order valence-corrected chi connectivity index (χ2v) is 7.47. The van der Waals surface area contributed by atoms with Gasteiger partial charge in [0, 0.05) is 17.3 Å². The van der Waals surface area contributed by atoms with Gasteiger partial charge in [0.15, 0.2) is 11.1 Å². The molecule has 2 aromatic rings. The molecule has 1 aliphatic carbocycles. The van der Waals surface area contributed by atoms with Gasteiger partial charge in [-0.1, -0.05) is 32.6 Å². The van der Waals surface area contributed by atoms with E-state index in [2.05, 4.69) is 27.7 Å². The van der Waals surface area contributed by atoms with Gasteiger partial charge in [-0.05, 0) is 42.7 Å². The third-order valence-electron chi connectivity index (χ3n) is 4.56. The quantitative estimate of drug-likeness (QED) is 0.732. The summed E-state index contributed by atoms with van der Waals surface area (Å²) in [4.78, 5) is 1.93. The van der Waals surface area contributed by atoms with Crippen LogP contribution in [0.25, 0.3) is 11.4 Å². The molecule has 1 unspecified atom stereocenters. The van der Waals surface area contributed by atoms with E-state index in [0.717, 1.165) is 43.5 Å². The molecule has 136 valence electrons. The molecule has 25 heavy (non-hydrogen) atoms. The molecule has 3 rings (SSSR count). The normalized spacial score (nSPS) is 16.7. The number of unbranched alkanes of at least 4 members (excludes halogenated alkanes) is 1. The lowest BCUT2D eigenvalue weighted by molar-refractivity contribution is 0.463. The molecule has 2 N–H and O–H groups in total. The van der Waals surface area contributed by atoms with Crippen LogP contribution in [-0.2, 0) is 17.6 Å². The van der Waals surface area contributed by atoms with Gasteiger partial charge in [-0.15, -0.1) is 10.2 Å². The Labute approximate surface area is 150 Å². The molecular weight excluding hydrogens is 338 g/mol. The molecule has 0 spiro atoms. The van der Waals surface area contributed by atoms with Crippen molar-refractivity contribution in [3.63, 3.8) is 0 Å². The Hall–Kier alpha value is -1.80. The summed E-state index contributed by atoms with van der Waals surface area (Å²) in [5, 5.41) is 16.3. The second-order valence-electron chi connectivity index (χ2n) is 6.50. The summed E-state index contributed by atoms with van der Waals surface area (Å²) in [5.74, 6) is 0.488. The first kappa shape index (κ1) is 18.0. The molecule has 1 saturated carbocycles. The summed E-state index contributed by atoms with van der Waals surface area (Å²) in [6, 6.07) is 5.63. The Morgan fingerprint density at radius 2 is 2.12 bits per heavy atom. The number of nitrogens with zero attached hydrogens (tertiary/aromatic N) is 4. The number of aryl methyl sites for hydroxylation is 1. The topological polar surface area (TPSA) is 92.9 Å². The number of benzene rings is 1. The first-order valence-corrected chi connectivity index (χ1v) is 10.1. The number of aromatic nitrogens is 4. The number of anilines is 1. The minimum absolute atomic E-state index is 0.342. The van der Waals surface area contributed by atoms with Crippen molar-refractivity contribution in [1.82, 2.24) is 20.2 Å². The standard InChI is InChI=1S/C17H25N5O2S/c1-2-3-11-22-20-17(19-21-22)15-12-14(25(23)24)9-10-16(15)18-13-7-5-4-6-8-13/h9-10,12-13,18H,2-8,11H2,1H3,(H,23,24). The maximum Gasteiger partial charge on any atom is 0.207 e. The zero-order chi connectivity index (χ0) is 17.6. The van der Waals surface area contributed by atoms with Crippen LogP contribution in [0.1, 0.15) is 51.9 Å². The van der Waals surface area contributed by atoms with Crippen molar-refractivity contribution in [2.24, 2.45) is 0 Å². The predicted molar refractivity (Wildman–Crippen MR) is 97.7 cm³/mol. The van der Waals surface area contributed by atoms with E-state index in [9.17, 15) is 8.76 Å². The van der Waals surface area contributed by atoms with Gasteiger partial charge in [0.25, 0.3) is 0 Å². The number of nitrogens with one attached hydrogen (secondary N) is 1. The van der Waals surface area contributed by atoms with Crippen molar-refractivity contribution in [2.45, 2.75) is 69.4 Å². The highest BCUT2D eigenvalue weighted by Crippen LogP contribution is 2.30. The van der Waals surface area contributed by atoms with E-state index < -0.39 is 11.1 Å². The summed E-state index contributed by atoms with van der Waals surface area (Å²) in [6.45, 7) is 2.84. The average Bonchev–Trinajstić information content (AvgIpc) is 3.09. The Kier molecular flexibility index (Phi) is 6.14. The minimum Gasteiger partial charge on any atom is -0.382 e. The van der Waals surface area contributed by atoms with E-state index >= 15 is 0 Å². The highest BCUT2D eigenvalue weighted by molar-refractivity contribution is 7.79.